The quantitative estimate of drug-likeness (QED) is 0.920. The predicted molar refractivity (Wildman–Crippen MR) is 80.6 cm³/mol. The molecule has 1 aromatic carbocycles. The molecule has 18 heavy (non-hydrogen) atoms. The molecule has 0 fully saturated rings. The Bertz CT molecular complexity index is 448. The number of nitrogens with zero attached hydrogens (tertiary/aromatic N) is 1. The molecule has 98 valence electrons. The van der Waals surface area contributed by atoms with E-state index in [0.29, 0.717) is 5.75 Å². The zero-order chi connectivity index (χ0) is 13.0. The molecule has 1 aromatic rings. The number of hydrogen-bond donors (Lipinski definition) is 1. The number of nitrogens with one attached hydrogen (secondary N) is 1. The van der Waals surface area contributed by atoms with Crippen LogP contribution >= 0.6 is 11.8 Å². The molecule has 0 spiro atoms. The van der Waals surface area contributed by atoms with Gasteiger partial charge in [-0.25, -0.2) is 0 Å². The van der Waals surface area contributed by atoms with Gasteiger partial charge in [0.05, 0.1) is 6.04 Å². The van der Waals surface area contributed by atoms with Gasteiger partial charge >= 0.3 is 0 Å². The molecule has 1 heterocycles. The summed E-state index contributed by atoms with van der Waals surface area (Å²) >= 11 is 1.74. The van der Waals surface area contributed by atoms with Crippen molar-refractivity contribution < 1.29 is 4.21 Å². The van der Waals surface area contributed by atoms with Crippen LogP contribution < -0.4 is 5.32 Å². The molecule has 0 aliphatic carbocycles. The van der Waals surface area contributed by atoms with E-state index in [4.69, 9.17) is 0 Å². The highest BCUT2D eigenvalue weighted by Gasteiger charge is 2.20. The van der Waals surface area contributed by atoms with Crippen LogP contribution in [0.25, 0.3) is 0 Å². The maximum Gasteiger partial charge on any atom is 0.157 e. The molecule has 3 atom stereocenters. The topological polar surface area (TPSA) is 41.5 Å². The molecule has 0 amide bonds. The van der Waals surface area contributed by atoms with Crippen molar-refractivity contribution >= 4 is 27.7 Å². The van der Waals surface area contributed by atoms with Crippen LogP contribution in [0.5, 0.6) is 0 Å². The normalized spacial score (nSPS) is 22.3. The minimum absolute atomic E-state index is 0.205. The molecule has 0 radical (unpaired) electrons. The van der Waals surface area contributed by atoms with Crippen molar-refractivity contribution in [2.45, 2.75) is 19.0 Å². The second-order valence-electron chi connectivity index (χ2n) is 4.46. The number of benzene rings is 1. The fourth-order valence-corrected chi connectivity index (χ4v) is 3.76. The summed E-state index contributed by atoms with van der Waals surface area (Å²) < 4.78 is 11.1. The average molecular weight is 282 g/mol. The number of rotatable bonds is 4. The van der Waals surface area contributed by atoms with E-state index in [1.54, 1.807) is 18.0 Å². The van der Waals surface area contributed by atoms with E-state index in [9.17, 15) is 4.21 Å². The van der Waals surface area contributed by atoms with Gasteiger partial charge in [-0.3, -0.25) is 9.20 Å². The predicted octanol–water partition coefficient (Wildman–Crippen LogP) is 2.19. The van der Waals surface area contributed by atoms with Gasteiger partial charge in [0.1, 0.15) is 0 Å². The third-order valence-corrected chi connectivity index (χ3v) is 4.64. The SMILES string of the molecule is CC(CS(C)=O)NC1=NC(c2ccccc2)CS1. The van der Waals surface area contributed by atoms with Gasteiger partial charge in [-0.2, -0.15) is 0 Å². The monoisotopic (exact) mass is 282 g/mol. The van der Waals surface area contributed by atoms with Crippen LogP contribution in [0.2, 0.25) is 0 Å². The van der Waals surface area contributed by atoms with Crippen molar-refractivity contribution in [3.8, 4) is 0 Å². The Balaban J connectivity index is 1.94. The van der Waals surface area contributed by atoms with E-state index in [0.717, 1.165) is 10.9 Å². The second kappa shape index (κ2) is 6.38. The van der Waals surface area contributed by atoms with Crippen molar-refractivity contribution in [2.75, 3.05) is 17.8 Å². The van der Waals surface area contributed by atoms with Gasteiger partial charge < -0.3 is 5.32 Å². The highest BCUT2D eigenvalue weighted by atomic mass is 32.2. The summed E-state index contributed by atoms with van der Waals surface area (Å²) in [5, 5.41) is 4.30. The lowest BCUT2D eigenvalue weighted by Gasteiger charge is -2.12. The highest BCUT2D eigenvalue weighted by Crippen LogP contribution is 2.29. The largest absolute Gasteiger partial charge is 0.362 e. The first-order valence-corrected chi connectivity index (χ1v) is 8.68. The van der Waals surface area contributed by atoms with Crippen LogP contribution in [0, 0.1) is 0 Å². The van der Waals surface area contributed by atoms with Gasteiger partial charge in [0.25, 0.3) is 0 Å². The van der Waals surface area contributed by atoms with E-state index in [-0.39, 0.29) is 12.1 Å². The molecular formula is C13H18N2OS2. The van der Waals surface area contributed by atoms with Crippen molar-refractivity contribution in [2.24, 2.45) is 4.99 Å². The number of hydrogen-bond acceptors (Lipinski definition) is 4. The molecule has 0 bridgehead atoms. The number of amidine groups is 1. The van der Waals surface area contributed by atoms with Crippen LogP contribution in [-0.4, -0.2) is 33.2 Å². The fourth-order valence-electron chi connectivity index (χ4n) is 1.90. The molecule has 1 aliphatic rings. The smallest absolute Gasteiger partial charge is 0.157 e. The van der Waals surface area contributed by atoms with Crippen molar-refractivity contribution in [1.29, 1.82) is 0 Å². The van der Waals surface area contributed by atoms with Crippen molar-refractivity contribution in [3.05, 3.63) is 35.9 Å². The van der Waals surface area contributed by atoms with Gasteiger partial charge in [-0.05, 0) is 12.5 Å². The summed E-state index contributed by atoms with van der Waals surface area (Å²) in [6, 6.07) is 10.8. The van der Waals surface area contributed by atoms with Crippen LogP contribution in [0.1, 0.15) is 18.5 Å². The molecule has 3 nitrogen and oxygen atoms in total. The molecule has 5 heteroatoms. The Morgan fingerprint density at radius 2 is 2.22 bits per heavy atom. The van der Waals surface area contributed by atoms with Gasteiger partial charge in [0, 0.05) is 34.6 Å². The number of aliphatic imine (C=N–C) groups is 1. The molecule has 1 aliphatic heterocycles. The highest BCUT2D eigenvalue weighted by molar-refractivity contribution is 8.14. The van der Waals surface area contributed by atoms with Gasteiger partial charge in [-0.15, -0.1) is 0 Å². The molecule has 3 unspecified atom stereocenters. The van der Waals surface area contributed by atoms with Crippen LogP contribution in [0.15, 0.2) is 35.3 Å². The Morgan fingerprint density at radius 3 is 2.89 bits per heavy atom. The van der Waals surface area contributed by atoms with E-state index < -0.39 is 10.8 Å². The van der Waals surface area contributed by atoms with Gasteiger partial charge in [0.2, 0.25) is 0 Å². The molecule has 0 aromatic heterocycles. The fraction of sp³-hybridized carbons (Fsp3) is 0.462. The minimum Gasteiger partial charge on any atom is -0.362 e. The molecular weight excluding hydrogens is 264 g/mol. The molecule has 0 saturated carbocycles. The Labute approximate surface area is 115 Å². The lowest BCUT2D eigenvalue weighted by molar-refractivity contribution is 0.671. The first-order chi connectivity index (χ1) is 8.65. The zero-order valence-electron chi connectivity index (χ0n) is 10.6. The lowest BCUT2D eigenvalue weighted by Crippen LogP contribution is -2.33. The van der Waals surface area contributed by atoms with Crippen LogP contribution in [0.4, 0.5) is 0 Å². The van der Waals surface area contributed by atoms with E-state index in [2.05, 4.69) is 22.4 Å². The summed E-state index contributed by atoms with van der Waals surface area (Å²) in [4.78, 5) is 4.68. The van der Waals surface area contributed by atoms with E-state index in [1.165, 1.54) is 5.56 Å². The Morgan fingerprint density at radius 1 is 1.50 bits per heavy atom. The maximum atomic E-state index is 11.1. The molecule has 1 N–H and O–H groups in total. The summed E-state index contributed by atoms with van der Waals surface area (Å²) in [6.45, 7) is 2.04. The number of thioether (sulfide) groups is 1. The first kappa shape index (κ1) is 13.6. The van der Waals surface area contributed by atoms with Gasteiger partial charge in [-0.1, -0.05) is 42.1 Å². The zero-order valence-corrected chi connectivity index (χ0v) is 12.3. The van der Waals surface area contributed by atoms with Crippen molar-refractivity contribution in [3.63, 3.8) is 0 Å². The van der Waals surface area contributed by atoms with Crippen LogP contribution in [-0.2, 0) is 10.8 Å². The third-order valence-electron chi connectivity index (χ3n) is 2.69. The molecule has 2 rings (SSSR count). The van der Waals surface area contributed by atoms with E-state index >= 15 is 0 Å². The average Bonchev–Trinajstić information content (AvgIpc) is 2.77. The summed E-state index contributed by atoms with van der Waals surface area (Å²) in [5.74, 6) is 1.64. The third kappa shape index (κ3) is 3.85. The summed E-state index contributed by atoms with van der Waals surface area (Å²) in [6.07, 6.45) is 1.73. The first-order valence-electron chi connectivity index (χ1n) is 5.97. The second-order valence-corrected chi connectivity index (χ2v) is 6.95. The summed E-state index contributed by atoms with van der Waals surface area (Å²) in [5.41, 5.74) is 1.26. The Kier molecular flexibility index (Phi) is 4.83. The lowest BCUT2D eigenvalue weighted by atomic mass is 10.1. The standard InChI is InChI=1S/C13H18N2OS2/c1-10(9-18(2)16)14-13-15-12(8-17-13)11-6-4-3-5-7-11/h3-7,10,12H,8-9H2,1-2H3,(H,14,15). The summed E-state index contributed by atoms with van der Waals surface area (Å²) in [7, 11) is -0.767. The van der Waals surface area contributed by atoms with Crippen LogP contribution in [0.3, 0.4) is 0 Å². The minimum atomic E-state index is -0.767. The molecule has 0 saturated heterocycles. The van der Waals surface area contributed by atoms with Crippen molar-refractivity contribution in [1.82, 2.24) is 5.32 Å². The maximum absolute atomic E-state index is 11.1. The van der Waals surface area contributed by atoms with E-state index in [1.807, 2.05) is 25.1 Å². The Hall–Kier alpha value is -0.810. The van der Waals surface area contributed by atoms with Gasteiger partial charge in [0.15, 0.2) is 5.17 Å².